The SMILES string of the molecule is CCc1ccc(N=C2S[C@H](CC(=O)Nc3cc(C)ccc3C)C(=O)N2C)cc1. The molecule has 6 heteroatoms. The van der Waals surface area contributed by atoms with E-state index in [1.54, 1.807) is 7.05 Å². The molecule has 2 aromatic carbocycles. The standard InChI is InChI=1S/C22H25N3O2S/c1-5-16-8-10-17(11-9-16)23-22-25(4)21(27)19(28-22)13-20(26)24-18-12-14(2)6-7-15(18)3/h6-12,19H,5,13H2,1-4H3,(H,24,26)/t19-/m1/s1. The minimum Gasteiger partial charge on any atom is -0.326 e. The Morgan fingerprint density at radius 1 is 1.18 bits per heavy atom. The van der Waals surface area contributed by atoms with E-state index in [0.29, 0.717) is 5.17 Å². The molecule has 1 N–H and O–H groups in total. The van der Waals surface area contributed by atoms with Crippen LogP contribution >= 0.6 is 11.8 Å². The zero-order chi connectivity index (χ0) is 20.3. The van der Waals surface area contributed by atoms with Crippen LogP contribution in [0.3, 0.4) is 0 Å². The molecule has 146 valence electrons. The van der Waals surface area contributed by atoms with Crippen molar-refractivity contribution < 1.29 is 9.59 Å². The van der Waals surface area contributed by atoms with Gasteiger partial charge in [0, 0.05) is 19.2 Å². The summed E-state index contributed by atoms with van der Waals surface area (Å²) in [4.78, 5) is 31.2. The highest BCUT2D eigenvalue weighted by molar-refractivity contribution is 8.15. The molecule has 1 aliphatic heterocycles. The van der Waals surface area contributed by atoms with Gasteiger partial charge in [-0.2, -0.15) is 0 Å². The number of benzene rings is 2. The summed E-state index contributed by atoms with van der Waals surface area (Å²) in [5, 5.41) is 3.10. The molecule has 1 heterocycles. The van der Waals surface area contributed by atoms with Crippen molar-refractivity contribution in [2.45, 2.75) is 38.9 Å². The third-order valence-electron chi connectivity index (χ3n) is 4.75. The summed E-state index contributed by atoms with van der Waals surface area (Å²) in [6, 6.07) is 13.9. The molecular weight excluding hydrogens is 370 g/mol. The lowest BCUT2D eigenvalue weighted by Crippen LogP contribution is -2.30. The van der Waals surface area contributed by atoms with Gasteiger partial charge in [0.2, 0.25) is 11.8 Å². The predicted octanol–water partition coefficient (Wildman–Crippen LogP) is 4.46. The third kappa shape index (κ3) is 4.62. The van der Waals surface area contributed by atoms with E-state index in [0.717, 1.165) is 28.9 Å². The Morgan fingerprint density at radius 2 is 1.89 bits per heavy atom. The van der Waals surface area contributed by atoms with Gasteiger partial charge in [-0.1, -0.05) is 43.0 Å². The van der Waals surface area contributed by atoms with Crippen LogP contribution in [0.2, 0.25) is 0 Å². The average molecular weight is 396 g/mol. The molecule has 1 saturated heterocycles. The number of carbonyl (C=O) groups excluding carboxylic acids is 2. The first-order valence-electron chi connectivity index (χ1n) is 9.36. The first-order valence-corrected chi connectivity index (χ1v) is 10.2. The maximum Gasteiger partial charge on any atom is 0.242 e. The van der Waals surface area contributed by atoms with Crippen molar-refractivity contribution in [3.05, 3.63) is 59.2 Å². The van der Waals surface area contributed by atoms with Crippen LogP contribution in [0.5, 0.6) is 0 Å². The monoisotopic (exact) mass is 395 g/mol. The molecule has 0 spiro atoms. The van der Waals surface area contributed by atoms with E-state index in [9.17, 15) is 9.59 Å². The van der Waals surface area contributed by atoms with Crippen LogP contribution in [0, 0.1) is 13.8 Å². The maximum absolute atomic E-state index is 12.6. The van der Waals surface area contributed by atoms with Gasteiger partial charge in [-0.15, -0.1) is 0 Å². The molecule has 3 rings (SSSR count). The molecule has 2 aromatic rings. The Kier molecular flexibility index (Phi) is 6.19. The summed E-state index contributed by atoms with van der Waals surface area (Å²) in [6.07, 6.45) is 1.09. The Labute approximate surface area is 170 Å². The van der Waals surface area contributed by atoms with Crippen LogP contribution in [0.1, 0.15) is 30.0 Å². The normalized spacial score (nSPS) is 18.0. The largest absolute Gasteiger partial charge is 0.326 e. The first-order chi connectivity index (χ1) is 13.4. The molecule has 1 fully saturated rings. The molecular formula is C22H25N3O2S. The van der Waals surface area contributed by atoms with Gasteiger partial charge in [0.05, 0.1) is 5.69 Å². The summed E-state index contributed by atoms with van der Waals surface area (Å²) < 4.78 is 0. The highest BCUT2D eigenvalue weighted by Gasteiger charge is 2.37. The second kappa shape index (κ2) is 8.61. The minimum absolute atomic E-state index is 0.0926. The van der Waals surface area contributed by atoms with Crippen LogP contribution < -0.4 is 5.32 Å². The fraction of sp³-hybridized carbons (Fsp3) is 0.318. The Hall–Kier alpha value is -2.60. The van der Waals surface area contributed by atoms with Crippen LogP contribution in [-0.4, -0.2) is 34.2 Å². The number of amidine groups is 1. The van der Waals surface area contributed by atoms with Crippen molar-refractivity contribution >= 4 is 40.1 Å². The lowest BCUT2D eigenvalue weighted by molar-refractivity contribution is -0.127. The number of nitrogens with zero attached hydrogens (tertiary/aromatic N) is 2. The minimum atomic E-state index is -0.455. The van der Waals surface area contributed by atoms with Gasteiger partial charge in [0.15, 0.2) is 5.17 Å². The zero-order valence-corrected chi connectivity index (χ0v) is 17.5. The van der Waals surface area contributed by atoms with Crippen molar-refractivity contribution in [3.8, 4) is 0 Å². The molecule has 5 nitrogen and oxygen atoms in total. The molecule has 0 aromatic heterocycles. The van der Waals surface area contributed by atoms with Gasteiger partial charge >= 0.3 is 0 Å². The highest BCUT2D eigenvalue weighted by atomic mass is 32.2. The van der Waals surface area contributed by atoms with Crippen LogP contribution in [0.25, 0.3) is 0 Å². The summed E-state index contributed by atoms with van der Waals surface area (Å²) >= 11 is 1.34. The van der Waals surface area contributed by atoms with E-state index >= 15 is 0 Å². The zero-order valence-electron chi connectivity index (χ0n) is 16.7. The van der Waals surface area contributed by atoms with E-state index in [1.807, 2.05) is 56.3 Å². The number of hydrogen-bond donors (Lipinski definition) is 1. The predicted molar refractivity (Wildman–Crippen MR) is 116 cm³/mol. The van der Waals surface area contributed by atoms with Gasteiger partial charge in [-0.3, -0.25) is 14.5 Å². The van der Waals surface area contributed by atoms with Gasteiger partial charge < -0.3 is 5.32 Å². The molecule has 0 bridgehead atoms. The van der Waals surface area contributed by atoms with Crippen molar-refractivity contribution in [2.24, 2.45) is 4.99 Å². The second-order valence-corrected chi connectivity index (χ2v) is 8.16. The number of rotatable bonds is 5. The van der Waals surface area contributed by atoms with Gasteiger partial charge in [-0.05, 0) is 55.2 Å². The lowest BCUT2D eigenvalue weighted by Gasteiger charge is -2.11. The van der Waals surface area contributed by atoms with Crippen LogP contribution in [0.4, 0.5) is 11.4 Å². The van der Waals surface area contributed by atoms with E-state index < -0.39 is 5.25 Å². The number of aliphatic imine (C=N–C) groups is 1. The van der Waals surface area contributed by atoms with Gasteiger partial charge in [0.1, 0.15) is 5.25 Å². The van der Waals surface area contributed by atoms with Crippen LogP contribution in [-0.2, 0) is 16.0 Å². The van der Waals surface area contributed by atoms with Crippen molar-refractivity contribution in [1.29, 1.82) is 0 Å². The Morgan fingerprint density at radius 3 is 2.57 bits per heavy atom. The number of aryl methyl sites for hydroxylation is 3. The number of carbonyl (C=O) groups is 2. The maximum atomic E-state index is 12.6. The first kappa shape index (κ1) is 20.1. The molecule has 0 saturated carbocycles. The molecule has 0 unspecified atom stereocenters. The number of nitrogens with one attached hydrogen (secondary N) is 1. The number of thioether (sulfide) groups is 1. The summed E-state index contributed by atoms with van der Waals surface area (Å²) in [7, 11) is 1.71. The topological polar surface area (TPSA) is 61.8 Å². The number of amides is 2. The summed E-state index contributed by atoms with van der Waals surface area (Å²) in [6.45, 7) is 6.04. The lowest BCUT2D eigenvalue weighted by atomic mass is 10.1. The van der Waals surface area contributed by atoms with E-state index in [-0.39, 0.29) is 18.2 Å². The molecule has 28 heavy (non-hydrogen) atoms. The number of hydrogen-bond acceptors (Lipinski definition) is 4. The fourth-order valence-electron chi connectivity index (χ4n) is 2.95. The Balaban J connectivity index is 1.68. The second-order valence-electron chi connectivity index (χ2n) is 6.99. The van der Waals surface area contributed by atoms with Crippen LogP contribution in [0.15, 0.2) is 47.5 Å². The third-order valence-corrected chi connectivity index (χ3v) is 5.98. The smallest absolute Gasteiger partial charge is 0.242 e. The molecule has 0 radical (unpaired) electrons. The van der Waals surface area contributed by atoms with Gasteiger partial charge in [0.25, 0.3) is 0 Å². The Bertz CT molecular complexity index is 922. The highest BCUT2D eigenvalue weighted by Crippen LogP contribution is 2.31. The fourth-order valence-corrected chi connectivity index (χ4v) is 4.11. The van der Waals surface area contributed by atoms with E-state index in [2.05, 4.69) is 17.2 Å². The molecule has 2 amide bonds. The van der Waals surface area contributed by atoms with E-state index in [4.69, 9.17) is 0 Å². The quantitative estimate of drug-likeness (QED) is 0.813. The molecule has 0 aliphatic carbocycles. The summed E-state index contributed by atoms with van der Waals surface area (Å²) in [5.41, 5.74) is 4.92. The number of anilines is 1. The van der Waals surface area contributed by atoms with Crippen molar-refractivity contribution in [3.63, 3.8) is 0 Å². The molecule has 1 atom stereocenters. The summed E-state index contributed by atoms with van der Waals surface area (Å²) in [5.74, 6) is -0.258. The molecule has 1 aliphatic rings. The van der Waals surface area contributed by atoms with Crippen molar-refractivity contribution in [1.82, 2.24) is 4.90 Å². The average Bonchev–Trinajstić information content (AvgIpc) is 2.93. The van der Waals surface area contributed by atoms with Crippen molar-refractivity contribution in [2.75, 3.05) is 12.4 Å². The van der Waals surface area contributed by atoms with Gasteiger partial charge in [-0.25, -0.2) is 4.99 Å². The van der Waals surface area contributed by atoms with E-state index in [1.165, 1.54) is 22.2 Å².